The first-order valence-electron chi connectivity index (χ1n) is 6.12. The molecular weight excluding hydrogens is 287 g/mol. The minimum absolute atomic E-state index is 0. The minimum atomic E-state index is -0.0846. The molecule has 6 heteroatoms. The van der Waals surface area contributed by atoms with Gasteiger partial charge < -0.3 is 15.4 Å². The fourth-order valence-corrected chi connectivity index (χ4v) is 2.05. The Morgan fingerprint density at radius 3 is 2.79 bits per heavy atom. The second-order valence-electron chi connectivity index (χ2n) is 4.35. The van der Waals surface area contributed by atoms with Crippen molar-refractivity contribution in [3.8, 4) is 5.75 Å². The zero-order chi connectivity index (χ0) is 12.8. The quantitative estimate of drug-likeness (QED) is 0.894. The van der Waals surface area contributed by atoms with E-state index < -0.39 is 0 Å². The predicted octanol–water partition coefficient (Wildman–Crippen LogP) is 2.01. The molecule has 0 bridgehead atoms. The van der Waals surface area contributed by atoms with E-state index in [1.165, 1.54) is 0 Å². The van der Waals surface area contributed by atoms with Gasteiger partial charge in [-0.25, -0.2) is 0 Å². The molecule has 0 aromatic heterocycles. The first kappa shape index (κ1) is 16.1. The molecule has 0 radical (unpaired) electrons. The zero-order valence-electron chi connectivity index (χ0n) is 10.5. The van der Waals surface area contributed by atoms with Crippen LogP contribution in [0.15, 0.2) is 24.3 Å². The molecule has 1 saturated heterocycles. The van der Waals surface area contributed by atoms with E-state index in [-0.39, 0.29) is 31.0 Å². The zero-order valence-corrected chi connectivity index (χ0v) is 12.1. The van der Waals surface area contributed by atoms with Crippen molar-refractivity contribution in [3.05, 3.63) is 29.3 Å². The summed E-state index contributed by atoms with van der Waals surface area (Å²) < 4.78 is 5.37. The molecule has 2 rings (SSSR count). The van der Waals surface area contributed by atoms with Gasteiger partial charge in [-0.3, -0.25) is 4.79 Å². The molecule has 1 atom stereocenters. The van der Waals surface area contributed by atoms with E-state index >= 15 is 0 Å². The molecule has 1 heterocycles. The number of halogens is 2. The maximum absolute atomic E-state index is 11.7. The maximum atomic E-state index is 11.7. The largest absolute Gasteiger partial charge is 0.484 e. The summed E-state index contributed by atoms with van der Waals surface area (Å²) in [6, 6.07) is 7.19. The number of hydrogen-bond acceptors (Lipinski definition) is 3. The Hall–Kier alpha value is -0.970. The Labute approximate surface area is 124 Å². The van der Waals surface area contributed by atoms with Crippen LogP contribution in [0, 0.1) is 0 Å². The third kappa shape index (κ3) is 5.68. The number of nitrogens with one attached hydrogen (secondary N) is 2. The Morgan fingerprint density at radius 2 is 2.16 bits per heavy atom. The van der Waals surface area contributed by atoms with Crippen molar-refractivity contribution in [1.82, 2.24) is 10.6 Å². The van der Waals surface area contributed by atoms with E-state index in [9.17, 15) is 4.79 Å². The highest BCUT2D eigenvalue weighted by Gasteiger charge is 2.15. The summed E-state index contributed by atoms with van der Waals surface area (Å²) in [7, 11) is 0. The molecule has 1 aliphatic heterocycles. The average Bonchev–Trinajstić information content (AvgIpc) is 2.39. The molecule has 19 heavy (non-hydrogen) atoms. The number of amides is 1. The van der Waals surface area contributed by atoms with Crippen molar-refractivity contribution < 1.29 is 9.53 Å². The van der Waals surface area contributed by atoms with Gasteiger partial charge in [-0.05, 0) is 43.7 Å². The van der Waals surface area contributed by atoms with Crippen LogP contribution in [0.5, 0.6) is 5.75 Å². The van der Waals surface area contributed by atoms with Gasteiger partial charge in [0, 0.05) is 17.6 Å². The molecule has 1 fully saturated rings. The van der Waals surface area contributed by atoms with Crippen LogP contribution < -0.4 is 15.4 Å². The summed E-state index contributed by atoms with van der Waals surface area (Å²) in [5, 5.41) is 6.85. The van der Waals surface area contributed by atoms with Gasteiger partial charge >= 0.3 is 0 Å². The Balaban J connectivity index is 0.00000180. The van der Waals surface area contributed by atoms with Crippen molar-refractivity contribution in [2.75, 3.05) is 19.7 Å². The Morgan fingerprint density at radius 1 is 1.42 bits per heavy atom. The van der Waals surface area contributed by atoms with Crippen molar-refractivity contribution in [3.63, 3.8) is 0 Å². The maximum Gasteiger partial charge on any atom is 0.258 e. The number of carbonyl (C=O) groups excluding carboxylic acids is 1. The van der Waals surface area contributed by atoms with Crippen LogP contribution in [0.2, 0.25) is 5.02 Å². The van der Waals surface area contributed by atoms with Gasteiger partial charge in [0.05, 0.1) is 0 Å². The Kier molecular flexibility index (Phi) is 6.99. The molecule has 1 amide bonds. The van der Waals surface area contributed by atoms with Gasteiger partial charge in [0.25, 0.3) is 5.91 Å². The van der Waals surface area contributed by atoms with Gasteiger partial charge in [-0.2, -0.15) is 0 Å². The standard InChI is InChI=1S/C13H17ClN2O2.ClH/c14-10-3-5-12(6-4-10)18-9-13(17)16-11-2-1-7-15-8-11;/h3-6,11,15H,1-2,7-9H2,(H,16,17);1H/t11-;/m1./s1. The number of hydrogen-bond donors (Lipinski definition) is 2. The first-order valence-corrected chi connectivity index (χ1v) is 6.50. The fraction of sp³-hybridized carbons (Fsp3) is 0.462. The summed E-state index contributed by atoms with van der Waals surface area (Å²) in [5.74, 6) is 0.565. The lowest BCUT2D eigenvalue weighted by Gasteiger charge is -2.23. The third-order valence-corrected chi connectivity index (χ3v) is 3.10. The molecule has 0 unspecified atom stereocenters. The van der Waals surface area contributed by atoms with Crippen LogP contribution in [-0.4, -0.2) is 31.6 Å². The molecule has 0 saturated carbocycles. The monoisotopic (exact) mass is 304 g/mol. The summed E-state index contributed by atoms with van der Waals surface area (Å²) in [4.78, 5) is 11.7. The molecule has 106 valence electrons. The highest BCUT2D eigenvalue weighted by molar-refractivity contribution is 6.30. The Bertz CT molecular complexity index is 392. The lowest BCUT2D eigenvalue weighted by Crippen LogP contribution is -2.46. The second kappa shape index (κ2) is 8.25. The van der Waals surface area contributed by atoms with Gasteiger partial charge in [0.2, 0.25) is 0 Å². The molecule has 2 N–H and O–H groups in total. The second-order valence-corrected chi connectivity index (χ2v) is 4.79. The van der Waals surface area contributed by atoms with Crippen LogP contribution in [0.25, 0.3) is 0 Å². The average molecular weight is 305 g/mol. The van der Waals surface area contributed by atoms with E-state index in [1.807, 2.05) is 0 Å². The summed E-state index contributed by atoms with van der Waals surface area (Å²) in [6.45, 7) is 1.92. The molecule has 0 aliphatic carbocycles. The van der Waals surface area contributed by atoms with Gasteiger partial charge in [0.1, 0.15) is 5.75 Å². The summed E-state index contributed by atoms with van der Waals surface area (Å²) in [6.07, 6.45) is 2.13. The van der Waals surface area contributed by atoms with E-state index in [1.54, 1.807) is 24.3 Å². The molecule has 1 aromatic carbocycles. The van der Waals surface area contributed by atoms with Crippen LogP contribution >= 0.6 is 24.0 Å². The molecular formula is C13H18Cl2N2O2. The highest BCUT2D eigenvalue weighted by atomic mass is 35.5. The smallest absolute Gasteiger partial charge is 0.258 e. The summed E-state index contributed by atoms with van der Waals surface area (Å²) in [5.41, 5.74) is 0. The van der Waals surface area contributed by atoms with Crippen molar-refractivity contribution in [1.29, 1.82) is 0 Å². The molecule has 4 nitrogen and oxygen atoms in total. The SMILES string of the molecule is Cl.O=C(COc1ccc(Cl)cc1)N[C@@H]1CCCNC1. The van der Waals surface area contributed by atoms with E-state index in [0.717, 1.165) is 25.9 Å². The van der Waals surface area contributed by atoms with E-state index in [2.05, 4.69) is 10.6 Å². The van der Waals surface area contributed by atoms with Crippen molar-refractivity contribution in [2.45, 2.75) is 18.9 Å². The van der Waals surface area contributed by atoms with Crippen LogP contribution in [0.1, 0.15) is 12.8 Å². The molecule has 1 aliphatic rings. The van der Waals surface area contributed by atoms with Gasteiger partial charge in [-0.1, -0.05) is 11.6 Å². The predicted molar refractivity (Wildman–Crippen MR) is 78.2 cm³/mol. The molecule has 0 spiro atoms. The van der Waals surface area contributed by atoms with E-state index in [4.69, 9.17) is 16.3 Å². The van der Waals surface area contributed by atoms with Crippen LogP contribution in [-0.2, 0) is 4.79 Å². The third-order valence-electron chi connectivity index (χ3n) is 2.85. The number of benzene rings is 1. The van der Waals surface area contributed by atoms with Crippen molar-refractivity contribution in [2.24, 2.45) is 0 Å². The first-order chi connectivity index (χ1) is 8.74. The van der Waals surface area contributed by atoms with Crippen LogP contribution in [0.3, 0.4) is 0 Å². The van der Waals surface area contributed by atoms with E-state index in [0.29, 0.717) is 10.8 Å². The lowest BCUT2D eigenvalue weighted by atomic mass is 10.1. The summed E-state index contributed by atoms with van der Waals surface area (Å²) >= 11 is 5.76. The van der Waals surface area contributed by atoms with Crippen LogP contribution in [0.4, 0.5) is 0 Å². The lowest BCUT2D eigenvalue weighted by molar-refractivity contribution is -0.123. The van der Waals surface area contributed by atoms with Gasteiger partial charge in [0.15, 0.2) is 6.61 Å². The minimum Gasteiger partial charge on any atom is -0.484 e. The number of piperidine rings is 1. The van der Waals surface area contributed by atoms with Crippen molar-refractivity contribution >= 4 is 29.9 Å². The van der Waals surface area contributed by atoms with Gasteiger partial charge in [-0.15, -0.1) is 12.4 Å². The fourth-order valence-electron chi connectivity index (χ4n) is 1.92. The topological polar surface area (TPSA) is 50.4 Å². The number of carbonyl (C=O) groups is 1. The highest BCUT2D eigenvalue weighted by Crippen LogP contribution is 2.15. The number of ether oxygens (including phenoxy) is 1. The molecule has 1 aromatic rings. The number of rotatable bonds is 4. The normalized spacial score (nSPS) is 18.3.